The van der Waals surface area contributed by atoms with Crippen molar-refractivity contribution < 1.29 is 4.39 Å². The van der Waals surface area contributed by atoms with Gasteiger partial charge >= 0.3 is 0 Å². The van der Waals surface area contributed by atoms with Crippen LogP contribution in [-0.2, 0) is 6.54 Å². The van der Waals surface area contributed by atoms with Crippen molar-refractivity contribution in [2.24, 2.45) is 0 Å². The zero-order valence-corrected chi connectivity index (χ0v) is 12.3. The number of halogens is 2. The Balaban J connectivity index is 2.17. The van der Waals surface area contributed by atoms with Crippen molar-refractivity contribution in [3.05, 3.63) is 40.8 Å². The molecule has 108 valence electrons. The maximum Gasteiger partial charge on any atom is 0.142 e. The van der Waals surface area contributed by atoms with E-state index in [0.717, 1.165) is 36.5 Å². The van der Waals surface area contributed by atoms with E-state index in [0.29, 0.717) is 0 Å². The monoisotopic (exact) mass is 296 g/mol. The zero-order valence-electron chi connectivity index (χ0n) is 11.6. The first-order valence-corrected chi connectivity index (χ1v) is 6.81. The number of likely N-dealkylation sites (N-methyl/N-ethyl adjacent to an activating group) is 2. The number of rotatable bonds is 6. The Hall–Kier alpha value is -1.43. The molecule has 0 bridgehead atoms. The number of H-pyrrole nitrogens is 1. The standard InChI is InChI=1S/C14H18ClFN4/c1-17-5-6-20(2)9-11-8-18-19-14(11)10-3-4-12(15)13(16)7-10/h3-4,7-8,17H,5-6,9H2,1-2H3,(H,18,19). The van der Waals surface area contributed by atoms with Gasteiger partial charge in [-0.15, -0.1) is 0 Å². The van der Waals surface area contributed by atoms with Crippen molar-refractivity contribution >= 4 is 11.6 Å². The molecule has 0 aliphatic carbocycles. The first-order chi connectivity index (χ1) is 9.61. The fourth-order valence-electron chi connectivity index (χ4n) is 2.00. The number of hydrogen-bond donors (Lipinski definition) is 2. The van der Waals surface area contributed by atoms with Crippen LogP contribution in [0.1, 0.15) is 5.56 Å². The summed E-state index contributed by atoms with van der Waals surface area (Å²) in [6, 6.07) is 4.74. The van der Waals surface area contributed by atoms with E-state index in [1.165, 1.54) is 6.07 Å². The van der Waals surface area contributed by atoms with E-state index in [1.54, 1.807) is 12.1 Å². The van der Waals surface area contributed by atoms with E-state index in [1.807, 2.05) is 20.3 Å². The molecule has 0 aliphatic heterocycles. The lowest BCUT2D eigenvalue weighted by atomic mass is 10.1. The van der Waals surface area contributed by atoms with Gasteiger partial charge in [0.05, 0.1) is 10.7 Å². The Morgan fingerprint density at radius 1 is 1.45 bits per heavy atom. The summed E-state index contributed by atoms with van der Waals surface area (Å²) in [7, 11) is 3.96. The fraction of sp³-hybridized carbons (Fsp3) is 0.357. The van der Waals surface area contributed by atoms with E-state index in [9.17, 15) is 4.39 Å². The Morgan fingerprint density at radius 3 is 2.95 bits per heavy atom. The molecular formula is C14H18ClFN4. The second-order valence-corrected chi connectivity index (χ2v) is 5.14. The molecule has 6 heteroatoms. The first kappa shape index (κ1) is 15.0. The molecule has 0 aliphatic rings. The normalized spacial score (nSPS) is 11.2. The topological polar surface area (TPSA) is 44.0 Å². The molecule has 0 spiro atoms. The lowest BCUT2D eigenvalue weighted by molar-refractivity contribution is 0.328. The molecule has 2 N–H and O–H groups in total. The minimum atomic E-state index is -0.429. The third-order valence-corrected chi connectivity index (χ3v) is 3.40. The predicted octanol–water partition coefficient (Wildman–Crippen LogP) is 2.52. The van der Waals surface area contributed by atoms with Gasteiger partial charge in [0, 0.05) is 37.0 Å². The van der Waals surface area contributed by atoms with E-state index in [4.69, 9.17) is 11.6 Å². The summed E-state index contributed by atoms with van der Waals surface area (Å²) in [4.78, 5) is 2.18. The summed E-state index contributed by atoms with van der Waals surface area (Å²) in [5.74, 6) is -0.429. The molecule has 4 nitrogen and oxygen atoms in total. The third kappa shape index (κ3) is 3.56. The third-order valence-electron chi connectivity index (χ3n) is 3.10. The van der Waals surface area contributed by atoms with E-state index < -0.39 is 5.82 Å². The Bertz CT molecular complexity index is 570. The second-order valence-electron chi connectivity index (χ2n) is 4.73. The Labute approximate surface area is 122 Å². The van der Waals surface area contributed by atoms with Crippen LogP contribution in [0.15, 0.2) is 24.4 Å². The smallest absolute Gasteiger partial charge is 0.142 e. The Morgan fingerprint density at radius 2 is 2.25 bits per heavy atom. The number of nitrogens with zero attached hydrogens (tertiary/aromatic N) is 2. The van der Waals surface area contributed by atoms with Gasteiger partial charge in [0.2, 0.25) is 0 Å². The molecule has 0 unspecified atom stereocenters. The molecule has 2 rings (SSSR count). The number of benzene rings is 1. The molecule has 20 heavy (non-hydrogen) atoms. The van der Waals surface area contributed by atoms with Gasteiger partial charge in [-0.3, -0.25) is 5.10 Å². The van der Waals surface area contributed by atoms with Crippen molar-refractivity contribution in [1.29, 1.82) is 0 Å². The number of aromatic nitrogens is 2. The summed E-state index contributed by atoms with van der Waals surface area (Å²) < 4.78 is 13.5. The summed E-state index contributed by atoms with van der Waals surface area (Å²) in [5.41, 5.74) is 2.52. The molecule has 0 fully saturated rings. The van der Waals surface area contributed by atoms with Crippen LogP contribution in [0.25, 0.3) is 11.3 Å². The quantitative estimate of drug-likeness (QED) is 0.861. The summed E-state index contributed by atoms with van der Waals surface area (Å²) in [6.07, 6.45) is 1.84. The maximum atomic E-state index is 13.5. The van der Waals surface area contributed by atoms with Crippen LogP contribution < -0.4 is 5.32 Å². The molecule has 0 atom stereocenters. The second kappa shape index (κ2) is 6.83. The summed E-state index contributed by atoms with van der Waals surface area (Å²) in [5, 5.41) is 10.3. The summed E-state index contributed by atoms with van der Waals surface area (Å²) >= 11 is 5.70. The van der Waals surface area contributed by atoms with Crippen LogP contribution in [-0.4, -0.2) is 42.3 Å². The maximum absolute atomic E-state index is 13.5. The molecule has 0 amide bonds. The number of hydrogen-bond acceptors (Lipinski definition) is 3. The van der Waals surface area contributed by atoms with Gasteiger partial charge in [-0.2, -0.15) is 5.10 Å². The van der Waals surface area contributed by atoms with Crippen LogP contribution in [0.4, 0.5) is 4.39 Å². The molecule has 2 aromatic rings. The largest absolute Gasteiger partial charge is 0.318 e. The van der Waals surface area contributed by atoms with Crippen molar-refractivity contribution in [3.8, 4) is 11.3 Å². The lowest BCUT2D eigenvalue weighted by Crippen LogP contribution is -2.26. The van der Waals surface area contributed by atoms with Crippen LogP contribution in [0.5, 0.6) is 0 Å². The van der Waals surface area contributed by atoms with Crippen LogP contribution >= 0.6 is 11.6 Å². The van der Waals surface area contributed by atoms with Crippen molar-refractivity contribution in [3.63, 3.8) is 0 Å². The zero-order chi connectivity index (χ0) is 14.5. The van der Waals surface area contributed by atoms with Crippen molar-refractivity contribution in [2.75, 3.05) is 27.2 Å². The number of aromatic amines is 1. The van der Waals surface area contributed by atoms with Crippen molar-refractivity contribution in [1.82, 2.24) is 20.4 Å². The average Bonchev–Trinajstić information content (AvgIpc) is 2.87. The van der Waals surface area contributed by atoms with Gasteiger partial charge in [-0.05, 0) is 26.2 Å². The predicted molar refractivity (Wildman–Crippen MR) is 79.3 cm³/mol. The van der Waals surface area contributed by atoms with E-state index in [2.05, 4.69) is 20.4 Å². The van der Waals surface area contributed by atoms with Crippen molar-refractivity contribution in [2.45, 2.75) is 6.54 Å². The number of nitrogens with one attached hydrogen (secondary N) is 2. The highest BCUT2D eigenvalue weighted by Crippen LogP contribution is 2.25. The minimum absolute atomic E-state index is 0.122. The highest BCUT2D eigenvalue weighted by Gasteiger charge is 2.12. The van der Waals surface area contributed by atoms with Crippen LogP contribution in [0, 0.1) is 5.82 Å². The highest BCUT2D eigenvalue weighted by molar-refractivity contribution is 6.30. The van der Waals surface area contributed by atoms with Crippen LogP contribution in [0.3, 0.4) is 0 Å². The van der Waals surface area contributed by atoms with Crippen LogP contribution in [0.2, 0.25) is 5.02 Å². The van der Waals surface area contributed by atoms with Gasteiger partial charge < -0.3 is 10.2 Å². The van der Waals surface area contributed by atoms with E-state index in [-0.39, 0.29) is 5.02 Å². The molecule has 1 heterocycles. The van der Waals surface area contributed by atoms with Gasteiger partial charge in [0.15, 0.2) is 0 Å². The molecular weight excluding hydrogens is 279 g/mol. The Kier molecular flexibility index (Phi) is 5.11. The van der Waals surface area contributed by atoms with E-state index >= 15 is 0 Å². The molecule has 1 aromatic carbocycles. The molecule has 0 saturated heterocycles. The van der Waals surface area contributed by atoms with Gasteiger partial charge in [-0.1, -0.05) is 17.7 Å². The SMILES string of the molecule is CNCCN(C)Cc1c[nH]nc1-c1ccc(Cl)c(F)c1. The fourth-order valence-corrected chi connectivity index (χ4v) is 2.12. The minimum Gasteiger partial charge on any atom is -0.318 e. The van der Waals surface area contributed by atoms with Gasteiger partial charge in [-0.25, -0.2) is 4.39 Å². The summed E-state index contributed by atoms with van der Waals surface area (Å²) in [6.45, 7) is 2.59. The first-order valence-electron chi connectivity index (χ1n) is 6.43. The molecule has 0 radical (unpaired) electrons. The van der Waals surface area contributed by atoms with Gasteiger partial charge in [0.1, 0.15) is 5.82 Å². The van der Waals surface area contributed by atoms with Gasteiger partial charge in [0.25, 0.3) is 0 Å². The average molecular weight is 297 g/mol. The lowest BCUT2D eigenvalue weighted by Gasteiger charge is -2.16. The highest BCUT2D eigenvalue weighted by atomic mass is 35.5. The molecule has 0 saturated carbocycles. The molecule has 1 aromatic heterocycles.